The first-order valence-corrected chi connectivity index (χ1v) is 4.43. The molecule has 2 atom stereocenters. The largest absolute Gasteiger partial charge is 0.457 e. The monoisotopic (exact) mass is 200 g/mol. The fourth-order valence-electron chi connectivity index (χ4n) is 0.898. The zero-order valence-electron chi connectivity index (χ0n) is 7.16. The molecular weight excluding hydrogens is 190 g/mol. The van der Waals surface area contributed by atoms with Crippen molar-refractivity contribution in [2.45, 2.75) is 13.0 Å². The SMILES string of the molecule is CC(=O)c1ccc(OC(F)P)cc1. The summed E-state index contributed by atoms with van der Waals surface area (Å²) in [7, 11) is 1.88. The Hall–Kier alpha value is -0.950. The van der Waals surface area contributed by atoms with Crippen LogP contribution in [0, 0.1) is 0 Å². The number of alkyl halides is 1. The average molecular weight is 200 g/mol. The topological polar surface area (TPSA) is 26.3 Å². The minimum absolute atomic E-state index is 0.0192. The summed E-state index contributed by atoms with van der Waals surface area (Å²) in [5.41, 5.74) is 0.589. The highest BCUT2D eigenvalue weighted by Gasteiger charge is 2.01. The molecule has 0 aliphatic carbocycles. The van der Waals surface area contributed by atoms with E-state index in [-0.39, 0.29) is 5.78 Å². The molecule has 0 spiro atoms. The van der Waals surface area contributed by atoms with Crippen LogP contribution in [0.15, 0.2) is 24.3 Å². The Morgan fingerprint density at radius 3 is 2.38 bits per heavy atom. The van der Waals surface area contributed by atoms with Crippen molar-refractivity contribution in [1.82, 2.24) is 0 Å². The van der Waals surface area contributed by atoms with Gasteiger partial charge in [0.25, 0.3) is 0 Å². The van der Waals surface area contributed by atoms with Crippen LogP contribution < -0.4 is 4.74 Å². The number of Topliss-reactive ketones (excluding diaryl/α,β-unsaturated/α-hetero) is 1. The summed E-state index contributed by atoms with van der Waals surface area (Å²) in [6, 6.07) is 6.33. The maximum absolute atomic E-state index is 12.3. The molecule has 2 nitrogen and oxygen atoms in total. The van der Waals surface area contributed by atoms with Gasteiger partial charge in [-0.2, -0.15) is 4.39 Å². The minimum atomic E-state index is -1.41. The molecule has 2 unspecified atom stereocenters. The van der Waals surface area contributed by atoms with Crippen molar-refractivity contribution < 1.29 is 13.9 Å². The Morgan fingerprint density at radius 1 is 1.46 bits per heavy atom. The van der Waals surface area contributed by atoms with Gasteiger partial charge in [-0.25, -0.2) is 0 Å². The van der Waals surface area contributed by atoms with E-state index in [0.717, 1.165) is 0 Å². The quantitative estimate of drug-likeness (QED) is 0.553. The molecule has 1 rings (SSSR count). The zero-order valence-corrected chi connectivity index (χ0v) is 8.31. The Balaban J connectivity index is 2.75. The molecule has 1 aromatic rings. The van der Waals surface area contributed by atoms with Gasteiger partial charge in [0.15, 0.2) is 5.78 Å². The molecule has 0 aliphatic rings. The first-order chi connectivity index (χ1) is 6.09. The van der Waals surface area contributed by atoms with E-state index < -0.39 is 6.10 Å². The number of benzene rings is 1. The molecule has 0 amide bonds. The third-order valence-corrected chi connectivity index (χ3v) is 1.65. The van der Waals surface area contributed by atoms with Crippen LogP contribution >= 0.6 is 9.24 Å². The number of hydrogen-bond acceptors (Lipinski definition) is 2. The normalized spacial score (nSPS) is 12.2. The summed E-state index contributed by atoms with van der Waals surface area (Å²) in [6.07, 6.45) is -1.41. The third-order valence-electron chi connectivity index (χ3n) is 1.51. The molecule has 0 fully saturated rings. The number of ether oxygens (including phenoxy) is 1. The summed E-state index contributed by atoms with van der Waals surface area (Å²) in [6.45, 7) is 1.48. The lowest BCUT2D eigenvalue weighted by Gasteiger charge is -2.06. The van der Waals surface area contributed by atoms with Crippen molar-refractivity contribution in [3.63, 3.8) is 0 Å². The van der Waals surface area contributed by atoms with Gasteiger partial charge in [0.05, 0.1) is 0 Å². The van der Waals surface area contributed by atoms with Crippen LogP contribution in [0.2, 0.25) is 0 Å². The highest BCUT2D eigenvalue weighted by molar-refractivity contribution is 7.16. The van der Waals surface area contributed by atoms with Crippen molar-refractivity contribution in [3.05, 3.63) is 29.8 Å². The maximum Gasteiger partial charge on any atom is 0.249 e. The van der Waals surface area contributed by atoms with Gasteiger partial charge < -0.3 is 4.74 Å². The van der Waals surface area contributed by atoms with Crippen molar-refractivity contribution in [1.29, 1.82) is 0 Å². The fourth-order valence-corrected chi connectivity index (χ4v) is 1.06. The van der Waals surface area contributed by atoms with Crippen LogP contribution in [0.25, 0.3) is 0 Å². The Kier molecular flexibility index (Phi) is 3.38. The number of carbonyl (C=O) groups excluding carboxylic acids is 1. The van der Waals surface area contributed by atoms with Crippen molar-refractivity contribution in [2.75, 3.05) is 0 Å². The lowest BCUT2D eigenvalue weighted by molar-refractivity contribution is 0.101. The van der Waals surface area contributed by atoms with Gasteiger partial charge in [0, 0.05) is 5.56 Å². The first-order valence-electron chi connectivity index (χ1n) is 3.77. The second kappa shape index (κ2) is 4.33. The van der Waals surface area contributed by atoms with E-state index in [0.29, 0.717) is 11.3 Å². The Labute approximate surface area is 78.3 Å². The van der Waals surface area contributed by atoms with Crippen LogP contribution in [-0.4, -0.2) is 11.9 Å². The van der Waals surface area contributed by atoms with E-state index in [2.05, 4.69) is 0 Å². The van der Waals surface area contributed by atoms with Gasteiger partial charge in [-0.3, -0.25) is 4.79 Å². The van der Waals surface area contributed by atoms with E-state index in [1.54, 1.807) is 24.3 Å². The summed E-state index contributed by atoms with van der Waals surface area (Å²) in [5, 5.41) is 0. The van der Waals surface area contributed by atoms with E-state index in [1.807, 2.05) is 9.24 Å². The van der Waals surface area contributed by atoms with E-state index in [4.69, 9.17) is 4.74 Å². The van der Waals surface area contributed by atoms with E-state index >= 15 is 0 Å². The highest BCUT2D eigenvalue weighted by Crippen LogP contribution is 2.16. The Bertz CT molecular complexity index is 295. The number of carbonyl (C=O) groups is 1. The molecule has 1 aromatic carbocycles. The zero-order chi connectivity index (χ0) is 9.84. The molecule has 0 aliphatic heterocycles. The molecule has 0 heterocycles. The summed E-state index contributed by atoms with van der Waals surface area (Å²) in [5.74, 6) is 0.390. The number of rotatable bonds is 3. The number of ketones is 1. The maximum atomic E-state index is 12.3. The molecule has 0 saturated heterocycles. The molecule has 0 bridgehead atoms. The van der Waals surface area contributed by atoms with Crippen molar-refractivity contribution in [2.24, 2.45) is 0 Å². The van der Waals surface area contributed by atoms with Crippen LogP contribution in [-0.2, 0) is 0 Å². The van der Waals surface area contributed by atoms with Gasteiger partial charge in [0.2, 0.25) is 6.10 Å². The van der Waals surface area contributed by atoms with Crippen LogP contribution in [0.1, 0.15) is 17.3 Å². The minimum Gasteiger partial charge on any atom is -0.457 e. The molecule has 0 radical (unpaired) electrons. The van der Waals surface area contributed by atoms with Crippen LogP contribution in [0.5, 0.6) is 5.75 Å². The van der Waals surface area contributed by atoms with Gasteiger partial charge in [0.1, 0.15) is 5.75 Å². The smallest absolute Gasteiger partial charge is 0.249 e. The van der Waals surface area contributed by atoms with Gasteiger partial charge in [-0.15, -0.1) is 0 Å². The lowest BCUT2D eigenvalue weighted by Crippen LogP contribution is -2.00. The molecule has 13 heavy (non-hydrogen) atoms. The average Bonchev–Trinajstić information content (AvgIpc) is 2.04. The standard InChI is InChI=1S/C9H10FO2P/c1-6(11)7-2-4-8(5-3-7)12-9(10)13/h2-5,9H,13H2,1H3. The fraction of sp³-hybridized carbons (Fsp3) is 0.222. The molecule has 0 aromatic heterocycles. The predicted octanol–water partition coefficient (Wildman–Crippen LogP) is 2.40. The summed E-state index contributed by atoms with van der Waals surface area (Å²) >= 11 is 0. The molecule has 4 heteroatoms. The van der Waals surface area contributed by atoms with E-state index in [1.165, 1.54) is 6.92 Å². The van der Waals surface area contributed by atoms with Gasteiger partial charge in [-0.1, -0.05) is 9.24 Å². The summed E-state index contributed by atoms with van der Waals surface area (Å²) < 4.78 is 17.1. The molecule has 70 valence electrons. The van der Waals surface area contributed by atoms with Gasteiger partial charge in [-0.05, 0) is 31.2 Å². The van der Waals surface area contributed by atoms with Gasteiger partial charge >= 0.3 is 0 Å². The third kappa shape index (κ3) is 3.11. The molecule has 0 saturated carbocycles. The predicted molar refractivity (Wildman–Crippen MR) is 51.7 cm³/mol. The number of halogens is 1. The lowest BCUT2D eigenvalue weighted by atomic mass is 10.1. The van der Waals surface area contributed by atoms with Crippen LogP contribution in [0.3, 0.4) is 0 Å². The second-order valence-corrected chi connectivity index (χ2v) is 3.07. The first kappa shape index (κ1) is 10.1. The Morgan fingerprint density at radius 2 is 2.00 bits per heavy atom. The number of hydrogen-bond donors (Lipinski definition) is 0. The van der Waals surface area contributed by atoms with E-state index in [9.17, 15) is 9.18 Å². The van der Waals surface area contributed by atoms with Crippen LogP contribution in [0.4, 0.5) is 4.39 Å². The summed E-state index contributed by atoms with van der Waals surface area (Å²) in [4.78, 5) is 10.9. The highest BCUT2D eigenvalue weighted by atomic mass is 31.0. The molecule has 0 N–H and O–H groups in total. The van der Waals surface area contributed by atoms with Crippen molar-refractivity contribution >= 4 is 15.0 Å². The molecular formula is C9H10FO2P. The second-order valence-electron chi connectivity index (χ2n) is 2.55. The van der Waals surface area contributed by atoms with Crippen molar-refractivity contribution in [3.8, 4) is 5.75 Å².